The van der Waals surface area contributed by atoms with E-state index in [4.69, 9.17) is 21.1 Å². The van der Waals surface area contributed by atoms with Crippen molar-refractivity contribution in [1.29, 1.82) is 0 Å². The zero-order valence-electron chi connectivity index (χ0n) is 14.2. The lowest BCUT2D eigenvalue weighted by molar-refractivity contribution is -0.129. The number of hydrogen-bond donors (Lipinski definition) is 0. The molecule has 0 bridgehead atoms. The summed E-state index contributed by atoms with van der Waals surface area (Å²) in [5.41, 5.74) is 1.99. The third-order valence-corrected chi connectivity index (χ3v) is 3.98. The van der Waals surface area contributed by atoms with E-state index in [1.54, 1.807) is 31.2 Å². The number of carbonyl (C=O) groups excluding carboxylic acids is 1. The molecule has 0 aliphatic heterocycles. The van der Waals surface area contributed by atoms with Crippen LogP contribution in [0.2, 0.25) is 5.02 Å². The lowest BCUT2D eigenvalue weighted by atomic mass is 10.1. The van der Waals surface area contributed by atoms with Crippen LogP contribution in [0, 0.1) is 6.92 Å². The lowest BCUT2D eigenvalue weighted by Crippen LogP contribution is -2.32. The predicted octanol–water partition coefficient (Wildman–Crippen LogP) is 3.74. The smallest absolute Gasteiger partial charge is 0.226 e. The average Bonchev–Trinajstić information content (AvgIpc) is 2.56. The minimum absolute atomic E-state index is 0.0376. The summed E-state index contributed by atoms with van der Waals surface area (Å²) in [6.07, 6.45) is 0.338. The molecule has 128 valence electrons. The van der Waals surface area contributed by atoms with E-state index in [2.05, 4.69) is 0 Å². The van der Waals surface area contributed by atoms with E-state index >= 15 is 0 Å². The van der Waals surface area contributed by atoms with Gasteiger partial charge < -0.3 is 14.4 Å². The summed E-state index contributed by atoms with van der Waals surface area (Å²) >= 11 is 5.91. The number of carbonyl (C=O) groups is 1. The van der Waals surface area contributed by atoms with E-state index in [0.29, 0.717) is 30.3 Å². The first-order valence-electron chi connectivity index (χ1n) is 7.75. The lowest BCUT2D eigenvalue weighted by Gasteiger charge is -2.18. The second-order valence-corrected chi connectivity index (χ2v) is 6.04. The van der Waals surface area contributed by atoms with Crippen LogP contribution in [-0.2, 0) is 11.2 Å². The Balaban J connectivity index is 1.83. The van der Waals surface area contributed by atoms with Crippen LogP contribution in [0.1, 0.15) is 11.1 Å². The van der Waals surface area contributed by atoms with Gasteiger partial charge in [0.2, 0.25) is 5.91 Å². The van der Waals surface area contributed by atoms with E-state index in [0.717, 1.165) is 16.9 Å². The number of ether oxygens (including phenoxy) is 2. The van der Waals surface area contributed by atoms with Crippen LogP contribution in [0.4, 0.5) is 0 Å². The van der Waals surface area contributed by atoms with Crippen LogP contribution >= 0.6 is 11.6 Å². The van der Waals surface area contributed by atoms with Crippen molar-refractivity contribution in [3.8, 4) is 11.5 Å². The highest BCUT2D eigenvalue weighted by Gasteiger charge is 2.11. The Morgan fingerprint density at radius 3 is 2.71 bits per heavy atom. The Kier molecular flexibility index (Phi) is 6.50. The highest BCUT2D eigenvalue weighted by Crippen LogP contribution is 2.20. The maximum atomic E-state index is 12.3. The van der Waals surface area contributed by atoms with Crippen molar-refractivity contribution in [3.05, 3.63) is 58.6 Å². The molecule has 2 aromatic rings. The van der Waals surface area contributed by atoms with Gasteiger partial charge in [0.15, 0.2) is 0 Å². The van der Waals surface area contributed by atoms with Gasteiger partial charge in [-0.25, -0.2) is 0 Å². The van der Waals surface area contributed by atoms with Crippen molar-refractivity contribution < 1.29 is 14.3 Å². The van der Waals surface area contributed by atoms with Crippen molar-refractivity contribution >= 4 is 17.5 Å². The molecule has 2 aromatic carbocycles. The van der Waals surface area contributed by atoms with Gasteiger partial charge in [0.1, 0.15) is 18.1 Å². The van der Waals surface area contributed by atoms with Crippen molar-refractivity contribution in [3.63, 3.8) is 0 Å². The Labute approximate surface area is 147 Å². The van der Waals surface area contributed by atoms with Gasteiger partial charge in [0.25, 0.3) is 0 Å². The number of aryl methyl sites for hydroxylation is 1. The summed E-state index contributed by atoms with van der Waals surface area (Å²) in [5, 5.41) is 0.630. The van der Waals surface area contributed by atoms with Crippen molar-refractivity contribution in [2.75, 3.05) is 27.3 Å². The average molecular weight is 348 g/mol. The maximum Gasteiger partial charge on any atom is 0.226 e. The molecule has 24 heavy (non-hydrogen) atoms. The van der Waals surface area contributed by atoms with Gasteiger partial charge in [-0.2, -0.15) is 0 Å². The summed E-state index contributed by atoms with van der Waals surface area (Å²) in [5.74, 6) is 1.54. The highest BCUT2D eigenvalue weighted by atomic mass is 35.5. The van der Waals surface area contributed by atoms with Crippen LogP contribution < -0.4 is 9.47 Å². The van der Waals surface area contributed by atoms with Gasteiger partial charge >= 0.3 is 0 Å². The number of methoxy groups -OCH3 is 1. The first-order valence-corrected chi connectivity index (χ1v) is 8.13. The molecular weight excluding hydrogens is 326 g/mol. The zero-order chi connectivity index (χ0) is 17.5. The fourth-order valence-electron chi connectivity index (χ4n) is 2.27. The molecule has 0 fully saturated rings. The number of halogens is 1. The van der Waals surface area contributed by atoms with Crippen molar-refractivity contribution in [1.82, 2.24) is 4.90 Å². The second kappa shape index (κ2) is 8.60. The molecule has 0 radical (unpaired) electrons. The molecule has 0 N–H and O–H groups in total. The van der Waals surface area contributed by atoms with Crippen molar-refractivity contribution in [2.45, 2.75) is 13.3 Å². The Hall–Kier alpha value is -2.20. The van der Waals surface area contributed by atoms with E-state index in [9.17, 15) is 4.79 Å². The SMILES string of the molecule is COc1cc(CC(=O)N(C)CCOc2cccc(Cl)c2)ccc1C. The zero-order valence-corrected chi connectivity index (χ0v) is 15.0. The standard InChI is InChI=1S/C19H22ClNO3/c1-14-7-8-15(11-18(14)23-3)12-19(22)21(2)9-10-24-17-6-4-5-16(20)13-17/h4-8,11,13H,9-10,12H2,1-3H3. The number of rotatable bonds is 7. The molecule has 4 nitrogen and oxygen atoms in total. The third-order valence-electron chi connectivity index (χ3n) is 3.75. The normalized spacial score (nSPS) is 10.3. The van der Waals surface area contributed by atoms with Crippen LogP contribution in [0.25, 0.3) is 0 Å². The fraction of sp³-hybridized carbons (Fsp3) is 0.316. The van der Waals surface area contributed by atoms with Crippen LogP contribution in [0.15, 0.2) is 42.5 Å². The summed E-state index contributed by atoms with van der Waals surface area (Å²) in [7, 11) is 3.41. The number of benzene rings is 2. The molecule has 0 aliphatic rings. The summed E-state index contributed by atoms with van der Waals surface area (Å²) in [6, 6.07) is 13.0. The molecule has 0 unspecified atom stereocenters. The Bertz CT molecular complexity index is 703. The minimum Gasteiger partial charge on any atom is -0.496 e. The monoisotopic (exact) mass is 347 g/mol. The topological polar surface area (TPSA) is 38.8 Å². The Morgan fingerprint density at radius 2 is 2.00 bits per heavy atom. The van der Waals surface area contributed by atoms with Gasteiger partial charge in [-0.05, 0) is 42.3 Å². The van der Waals surface area contributed by atoms with Crippen LogP contribution in [-0.4, -0.2) is 38.1 Å². The predicted molar refractivity (Wildman–Crippen MR) is 96.0 cm³/mol. The van der Waals surface area contributed by atoms with Gasteiger partial charge in [0.05, 0.1) is 20.1 Å². The molecular formula is C19H22ClNO3. The third kappa shape index (κ3) is 5.17. The Morgan fingerprint density at radius 1 is 1.21 bits per heavy atom. The molecule has 0 saturated heterocycles. The minimum atomic E-state index is 0.0376. The first-order chi connectivity index (χ1) is 11.5. The summed E-state index contributed by atoms with van der Waals surface area (Å²) in [6.45, 7) is 2.90. The first kappa shape index (κ1) is 18.1. The highest BCUT2D eigenvalue weighted by molar-refractivity contribution is 6.30. The number of hydrogen-bond acceptors (Lipinski definition) is 3. The number of likely N-dealkylation sites (N-methyl/N-ethyl adjacent to an activating group) is 1. The van der Waals surface area contributed by atoms with Gasteiger partial charge in [0, 0.05) is 12.1 Å². The largest absolute Gasteiger partial charge is 0.496 e. The number of amides is 1. The molecule has 0 saturated carbocycles. The van der Waals surface area contributed by atoms with Crippen LogP contribution in [0.5, 0.6) is 11.5 Å². The quantitative estimate of drug-likeness (QED) is 0.766. The molecule has 0 aliphatic carbocycles. The second-order valence-electron chi connectivity index (χ2n) is 5.60. The fourth-order valence-corrected chi connectivity index (χ4v) is 2.45. The number of nitrogens with zero attached hydrogens (tertiary/aromatic N) is 1. The van der Waals surface area contributed by atoms with Crippen LogP contribution in [0.3, 0.4) is 0 Å². The molecule has 2 rings (SSSR count). The summed E-state index contributed by atoms with van der Waals surface area (Å²) in [4.78, 5) is 14.0. The molecule has 0 aromatic heterocycles. The summed E-state index contributed by atoms with van der Waals surface area (Å²) < 4.78 is 10.9. The molecule has 0 spiro atoms. The molecule has 5 heteroatoms. The van der Waals surface area contributed by atoms with Gasteiger partial charge in [-0.1, -0.05) is 29.8 Å². The molecule has 0 atom stereocenters. The van der Waals surface area contributed by atoms with E-state index in [1.807, 2.05) is 37.3 Å². The maximum absolute atomic E-state index is 12.3. The molecule has 0 heterocycles. The van der Waals surface area contributed by atoms with E-state index in [-0.39, 0.29) is 5.91 Å². The van der Waals surface area contributed by atoms with Gasteiger partial charge in [-0.15, -0.1) is 0 Å². The van der Waals surface area contributed by atoms with Gasteiger partial charge in [-0.3, -0.25) is 4.79 Å². The van der Waals surface area contributed by atoms with Crippen molar-refractivity contribution in [2.24, 2.45) is 0 Å². The molecule has 1 amide bonds. The van der Waals surface area contributed by atoms with E-state index in [1.165, 1.54) is 0 Å². The van der Waals surface area contributed by atoms with E-state index < -0.39 is 0 Å².